The second-order valence-corrected chi connectivity index (χ2v) is 6.79. The van der Waals surface area contributed by atoms with Crippen molar-refractivity contribution in [1.29, 1.82) is 0 Å². The average molecular weight is 448 g/mol. The minimum Gasteiger partial charge on any atom is 0 e. The SMILES string of the molecule is CC(C)Oc1ccccc1[CH]=[Ru]=[C]1N(C)CCN1C.[Ru]. The third-order valence-electron chi connectivity index (χ3n) is 2.92. The molecule has 1 aliphatic rings. The fraction of sp³-hybridized carbons (Fsp3) is 0.467. The van der Waals surface area contributed by atoms with Crippen molar-refractivity contribution >= 4 is 8.96 Å². The van der Waals surface area contributed by atoms with Gasteiger partial charge in [-0.15, -0.1) is 0 Å². The normalized spacial score (nSPS) is 16.4. The van der Waals surface area contributed by atoms with Crippen LogP contribution in [0.1, 0.15) is 19.4 Å². The number of hydrogen-bond donors (Lipinski definition) is 0. The van der Waals surface area contributed by atoms with Gasteiger partial charge in [0.15, 0.2) is 0 Å². The first-order chi connectivity index (χ1) is 9.08. The van der Waals surface area contributed by atoms with Crippen LogP contribution in [0.3, 0.4) is 0 Å². The molecule has 0 aliphatic carbocycles. The zero-order chi connectivity index (χ0) is 13.8. The maximum Gasteiger partial charge on any atom is 0 e. The Labute approximate surface area is 141 Å². The van der Waals surface area contributed by atoms with Crippen LogP contribution in [-0.4, -0.2) is 52.1 Å². The standard InChI is InChI=1S/C10H12O.C5H10N2.2Ru/c1-8(2)11-10-7-5-4-6-9(10)3;1-6-3-4-7(2)5-6;;/h3-8H,1-2H3;3-4H2,1-2H3;;. The van der Waals surface area contributed by atoms with E-state index in [1.807, 2.05) is 6.07 Å². The van der Waals surface area contributed by atoms with E-state index in [9.17, 15) is 0 Å². The Balaban J connectivity index is 0.00000200. The summed E-state index contributed by atoms with van der Waals surface area (Å²) in [5, 5.41) is 0. The van der Waals surface area contributed by atoms with Crippen LogP contribution < -0.4 is 4.74 Å². The van der Waals surface area contributed by atoms with Crippen molar-refractivity contribution < 1.29 is 40.4 Å². The van der Waals surface area contributed by atoms with E-state index in [0.717, 1.165) is 18.8 Å². The fourth-order valence-electron chi connectivity index (χ4n) is 1.95. The summed E-state index contributed by atoms with van der Waals surface area (Å²) in [4.78, 5) is 4.72. The molecule has 1 fully saturated rings. The molecule has 5 heteroatoms. The van der Waals surface area contributed by atoms with E-state index in [4.69, 9.17) is 4.74 Å². The first-order valence-corrected chi connectivity index (χ1v) is 8.44. The van der Waals surface area contributed by atoms with E-state index in [2.05, 4.69) is 60.6 Å². The van der Waals surface area contributed by atoms with Gasteiger partial charge in [0.05, 0.1) is 0 Å². The quantitative estimate of drug-likeness (QED) is 0.655. The first-order valence-electron chi connectivity index (χ1n) is 6.57. The molecular formula is C15H22N2ORu2. The summed E-state index contributed by atoms with van der Waals surface area (Å²) < 4.78 is 9.67. The van der Waals surface area contributed by atoms with Crippen molar-refractivity contribution in [3.8, 4) is 5.75 Å². The Morgan fingerprint density at radius 2 is 1.75 bits per heavy atom. The topological polar surface area (TPSA) is 15.7 Å². The van der Waals surface area contributed by atoms with Gasteiger partial charge in [0.2, 0.25) is 0 Å². The van der Waals surface area contributed by atoms with E-state index in [0.29, 0.717) is 0 Å². The van der Waals surface area contributed by atoms with E-state index >= 15 is 0 Å². The van der Waals surface area contributed by atoms with Gasteiger partial charge >= 0.3 is 122 Å². The summed E-state index contributed by atoms with van der Waals surface area (Å²) in [5.41, 5.74) is 1.22. The number of ether oxygens (including phenoxy) is 1. The Morgan fingerprint density at radius 3 is 2.35 bits per heavy atom. The van der Waals surface area contributed by atoms with Crippen molar-refractivity contribution in [3.63, 3.8) is 0 Å². The third-order valence-corrected chi connectivity index (χ3v) is 5.48. The molecule has 1 aliphatic heterocycles. The molecule has 0 N–H and O–H groups in total. The molecule has 0 spiro atoms. The zero-order valence-corrected chi connectivity index (χ0v) is 15.9. The summed E-state index contributed by atoms with van der Waals surface area (Å²) >= 11 is 0.0770. The molecule has 0 saturated carbocycles. The molecule has 2 rings (SSSR count). The molecule has 3 nitrogen and oxygen atoms in total. The van der Waals surface area contributed by atoms with Gasteiger partial charge in [-0.05, 0) is 0 Å². The molecular weight excluding hydrogens is 426 g/mol. The number of nitrogens with zero attached hydrogens (tertiary/aromatic N) is 2. The van der Waals surface area contributed by atoms with Gasteiger partial charge < -0.3 is 0 Å². The smallest absolute Gasteiger partial charge is 0 e. The van der Waals surface area contributed by atoms with Crippen LogP contribution >= 0.6 is 0 Å². The molecule has 1 aromatic carbocycles. The summed E-state index contributed by atoms with van der Waals surface area (Å²) in [6.45, 7) is 6.41. The molecule has 1 heterocycles. The average Bonchev–Trinajstić information content (AvgIpc) is 2.68. The van der Waals surface area contributed by atoms with E-state index < -0.39 is 0 Å². The van der Waals surface area contributed by atoms with Crippen molar-refractivity contribution in [2.45, 2.75) is 20.0 Å². The van der Waals surface area contributed by atoms with Gasteiger partial charge in [-0.25, -0.2) is 0 Å². The van der Waals surface area contributed by atoms with Gasteiger partial charge in [0.1, 0.15) is 0 Å². The fourth-order valence-corrected chi connectivity index (χ4v) is 4.02. The first kappa shape index (κ1) is 18.0. The van der Waals surface area contributed by atoms with E-state index in [1.165, 1.54) is 9.92 Å². The predicted octanol–water partition coefficient (Wildman–Crippen LogP) is 1.67. The van der Waals surface area contributed by atoms with Gasteiger partial charge in [-0.3, -0.25) is 0 Å². The van der Waals surface area contributed by atoms with Crippen LogP contribution in [-0.2, 0) is 35.7 Å². The summed E-state index contributed by atoms with van der Waals surface area (Å²) in [6.07, 6.45) is 0.217. The van der Waals surface area contributed by atoms with Crippen LogP contribution in [0.4, 0.5) is 0 Å². The van der Waals surface area contributed by atoms with Crippen LogP contribution in [0, 0.1) is 0 Å². The minimum absolute atomic E-state index is 0. The van der Waals surface area contributed by atoms with Crippen LogP contribution in [0.5, 0.6) is 5.75 Å². The van der Waals surface area contributed by atoms with Gasteiger partial charge in [0.25, 0.3) is 0 Å². The molecule has 20 heavy (non-hydrogen) atoms. The van der Waals surface area contributed by atoms with Crippen molar-refractivity contribution in [3.05, 3.63) is 29.8 Å². The summed E-state index contributed by atoms with van der Waals surface area (Å²) in [7, 11) is 4.36. The summed E-state index contributed by atoms with van der Waals surface area (Å²) in [5.74, 6) is 0.996. The monoisotopic (exact) mass is 450 g/mol. The zero-order valence-electron chi connectivity index (χ0n) is 12.4. The Bertz CT molecular complexity index is 498. The molecule has 0 atom stereocenters. The Kier molecular flexibility index (Phi) is 7.54. The number of benzene rings is 1. The third kappa shape index (κ3) is 4.74. The largest absolute Gasteiger partial charge is 0 e. The molecule has 0 bridgehead atoms. The minimum atomic E-state index is 0. The number of hydrogen-bond acceptors (Lipinski definition) is 3. The second kappa shape index (κ2) is 8.39. The molecule has 114 valence electrons. The Hall–Kier alpha value is -0.0732. The van der Waals surface area contributed by atoms with Gasteiger partial charge in [0, 0.05) is 19.5 Å². The Morgan fingerprint density at radius 1 is 1.15 bits per heavy atom. The number of rotatable bonds is 3. The maximum atomic E-state index is 5.86. The van der Waals surface area contributed by atoms with Crippen LogP contribution in [0.2, 0.25) is 0 Å². The van der Waals surface area contributed by atoms with E-state index in [-0.39, 0.29) is 41.8 Å². The molecule has 1 aromatic rings. The molecule has 0 amide bonds. The predicted molar refractivity (Wildman–Crippen MR) is 77.6 cm³/mol. The maximum absolute atomic E-state index is 5.86. The molecule has 0 aromatic heterocycles. The molecule has 0 unspecified atom stereocenters. The summed E-state index contributed by atoms with van der Waals surface area (Å²) in [6, 6.07) is 8.30. The van der Waals surface area contributed by atoms with Crippen LogP contribution in [0.15, 0.2) is 24.3 Å². The molecule has 0 radical (unpaired) electrons. The van der Waals surface area contributed by atoms with Gasteiger partial charge in [-0.2, -0.15) is 0 Å². The van der Waals surface area contributed by atoms with Crippen molar-refractivity contribution in [2.24, 2.45) is 0 Å². The van der Waals surface area contributed by atoms with Crippen molar-refractivity contribution in [2.75, 3.05) is 27.2 Å². The van der Waals surface area contributed by atoms with Gasteiger partial charge in [-0.1, -0.05) is 0 Å². The van der Waals surface area contributed by atoms with Crippen molar-refractivity contribution in [1.82, 2.24) is 9.80 Å². The second-order valence-electron chi connectivity index (χ2n) is 5.01. The number of likely N-dealkylation sites (N-methyl/N-ethyl adjacent to an activating group) is 2. The van der Waals surface area contributed by atoms with Crippen LogP contribution in [0.25, 0.3) is 0 Å². The molecule has 1 saturated heterocycles. The number of para-hydroxylation sites is 1. The van der Waals surface area contributed by atoms with E-state index in [1.54, 1.807) is 0 Å².